The first-order valence-electron chi connectivity index (χ1n) is 10.4. The van der Waals surface area contributed by atoms with E-state index in [9.17, 15) is 27.2 Å². The molecule has 1 saturated heterocycles. The Morgan fingerprint density at radius 1 is 1.24 bits per heavy atom. The number of pyridine rings is 1. The van der Waals surface area contributed by atoms with Crippen molar-refractivity contribution in [2.75, 3.05) is 5.32 Å². The quantitative estimate of drug-likeness (QED) is 0.453. The average molecular weight is 468 g/mol. The zero-order valence-corrected chi connectivity index (χ0v) is 18.5. The Balaban J connectivity index is 1.99. The maximum absolute atomic E-state index is 14.4. The molecule has 0 saturated carbocycles. The Morgan fingerprint density at radius 3 is 2.58 bits per heavy atom. The number of anilines is 1. The number of rotatable bonds is 7. The topological polar surface area (TPSA) is 77.5 Å². The van der Waals surface area contributed by atoms with Gasteiger partial charge in [0.05, 0.1) is 5.60 Å². The number of ketones is 1. The van der Waals surface area contributed by atoms with Crippen LogP contribution in [0.25, 0.3) is 0 Å². The number of carbonyl (C=O) groups is 2. The van der Waals surface area contributed by atoms with Crippen molar-refractivity contribution in [2.24, 2.45) is 5.92 Å². The zero-order valence-electron chi connectivity index (χ0n) is 18.5. The monoisotopic (exact) mass is 468 g/mol. The Kier molecular flexibility index (Phi) is 7.06. The number of benzene rings is 1. The number of halogens is 4. The first-order chi connectivity index (χ1) is 15.5. The summed E-state index contributed by atoms with van der Waals surface area (Å²) in [7, 11) is 0. The van der Waals surface area contributed by atoms with E-state index in [0.29, 0.717) is 0 Å². The molecule has 1 aliphatic rings. The molecule has 1 aromatic carbocycles. The minimum atomic E-state index is -3.40. The smallest absolute Gasteiger partial charge is 0.387 e. The van der Waals surface area contributed by atoms with Crippen molar-refractivity contribution in [1.82, 2.24) is 4.98 Å². The molecule has 0 spiro atoms. The number of Topliss-reactive ketones (excluding diaryl/α,β-unsaturated/α-hetero) is 1. The van der Waals surface area contributed by atoms with Gasteiger partial charge in [0, 0.05) is 29.8 Å². The summed E-state index contributed by atoms with van der Waals surface area (Å²) >= 11 is 0. The van der Waals surface area contributed by atoms with Gasteiger partial charge in [0.1, 0.15) is 11.8 Å². The lowest BCUT2D eigenvalue weighted by atomic mass is 9.78. The average Bonchev–Trinajstić information content (AvgIpc) is 3.00. The van der Waals surface area contributed by atoms with Crippen molar-refractivity contribution >= 4 is 17.4 Å². The van der Waals surface area contributed by atoms with Crippen LogP contribution >= 0.6 is 0 Å². The third kappa shape index (κ3) is 5.00. The van der Waals surface area contributed by atoms with E-state index in [4.69, 9.17) is 4.74 Å². The summed E-state index contributed by atoms with van der Waals surface area (Å²) in [6, 6.07) is 4.80. The molecule has 1 N–H and O–H groups in total. The van der Waals surface area contributed by atoms with Crippen molar-refractivity contribution in [3.05, 3.63) is 53.4 Å². The van der Waals surface area contributed by atoms with Gasteiger partial charge in [0.15, 0.2) is 17.3 Å². The molecule has 33 heavy (non-hydrogen) atoms. The maximum Gasteiger partial charge on any atom is 0.387 e. The fraction of sp³-hybridized carbons (Fsp3) is 0.435. The van der Waals surface area contributed by atoms with Crippen LogP contribution in [0.5, 0.6) is 5.75 Å². The molecule has 3 rings (SSSR count). The minimum Gasteiger partial charge on any atom is -0.431 e. The van der Waals surface area contributed by atoms with Gasteiger partial charge in [-0.1, -0.05) is 19.9 Å². The standard InChI is InChI=1S/C23H24F4N2O4/c1-5-16(30)15-10-12(8-9-28-15)29-21(31)20-17(11(2)23(3,4)33-20)13-6-7-14(24)18(25)19(13)32-22(26)27/h6-11,17,20,22H,5H2,1-4H3,(H,28,29,31)/t11-,17-,20-/m1/s1. The van der Waals surface area contributed by atoms with Crippen LogP contribution in [0.1, 0.15) is 56.1 Å². The molecule has 1 amide bonds. The van der Waals surface area contributed by atoms with Crippen molar-refractivity contribution in [3.63, 3.8) is 0 Å². The van der Waals surface area contributed by atoms with E-state index in [1.54, 1.807) is 27.7 Å². The van der Waals surface area contributed by atoms with Crippen LogP contribution in [0.4, 0.5) is 23.2 Å². The number of carbonyl (C=O) groups excluding carboxylic acids is 2. The van der Waals surface area contributed by atoms with Gasteiger partial charge in [0.25, 0.3) is 5.91 Å². The predicted octanol–water partition coefficient (Wildman–Crippen LogP) is 5.09. The van der Waals surface area contributed by atoms with Gasteiger partial charge in [-0.05, 0) is 38.0 Å². The molecule has 0 bridgehead atoms. The van der Waals surface area contributed by atoms with Crippen molar-refractivity contribution in [1.29, 1.82) is 0 Å². The first-order valence-corrected chi connectivity index (χ1v) is 10.4. The van der Waals surface area contributed by atoms with E-state index in [1.165, 1.54) is 18.3 Å². The molecule has 2 aromatic rings. The fourth-order valence-electron chi connectivity index (χ4n) is 3.93. The number of hydrogen-bond donors (Lipinski definition) is 1. The van der Waals surface area contributed by atoms with Gasteiger partial charge in [-0.15, -0.1) is 0 Å². The summed E-state index contributed by atoms with van der Waals surface area (Å²) in [6.07, 6.45) is 0.355. The highest BCUT2D eigenvalue weighted by Gasteiger charge is 2.51. The number of amides is 1. The van der Waals surface area contributed by atoms with Crippen molar-refractivity contribution in [3.8, 4) is 5.75 Å². The van der Waals surface area contributed by atoms with E-state index in [0.717, 1.165) is 12.1 Å². The van der Waals surface area contributed by atoms with Crippen molar-refractivity contribution in [2.45, 2.75) is 58.4 Å². The lowest BCUT2D eigenvalue weighted by molar-refractivity contribution is -0.131. The second kappa shape index (κ2) is 9.46. The lowest BCUT2D eigenvalue weighted by Gasteiger charge is -2.26. The fourth-order valence-corrected chi connectivity index (χ4v) is 3.93. The molecule has 10 heteroatoms. The Hall–Kier alpha value is -3.01. The molecule has 1 aliphatic heterocycles. The molecule has 0 unspecified atom stereocenters. The Morgan fingerprint density at radius 2 is 1.94 bits per heavy atom. The van der Waals surface area contributed by atoms with E-state index in [1.807, 2.05) is 0 Å². The largest absolute Gasteiger partial charge is 0.431 e. The van der Waals surface area contributed by atoms with Crippen LogP contribution < -0.4 is 10.1 Å². The molecule has 2 heterocycles. The van der Waals surface area contributed by atoms with Gasteiger partial charge in [-0.3, -0.25) is 14.6 Å². The van der Waals surface area contributed by atoms with Gasteiger partial charge < -0.3 is 14.8 Å². The maximum atomic E-state index is 14.4. The number of nitrogens with one attached hydrogen (secondary N) is 1. The van der Waals surface area contributed by atoms with Crippen LogP contribution in [0.2, 0.25) is 0 Å². The summed E-state index contributed by atoms with van der Waals surface area (Å²) in [6.45, 7) is 3.41. The number of hydrogen-bond acceptors (Lipinski definition) is 5. The summed E-state index contributed by atoms with van der Waals surface area (Å²) < 4.78 is 64.4. The predicted molar refractivity (Wildman–Crippen MR) is 111 cm³/mol. The molecule has 3 atom stereocenters. The second-order valence-corrected chi connectivity index (χ2v) is 8.31. The molecule has 1 aromatic heterocycles. The van der Waals surface area contributed by atoms with Crippen LogP contribution in [0.15, 0.2) is 30.5 Å². The first kappa shape index (κ1) is 24.6. The normalized spacial score (nSPS) is 21.8. The van der Waals surface area contributed by atoms with E-state index in [2.05, 4.69) is 15.0 Å². The highest BCUT2D eigenvalue weighted by molar-refractivity contribution is 5.98. The zero-order chi connectivity index (χ0) is 24.5. The second-order valence-electron chi connectivity index (χ2n) is 8.31. The highest BCUT2D eigenvalue weighted by Crippen LogP contribution is 2.49. The molecule has 178 valence electrons. The Labute approximate surface area is 188 Å². The third-order valence-corrected chi connectivity index (χ3v) is 5.93. The van der Waals surface area contributed by atoms with Crippen LogP contribution in [-0.2, 0) is 9.53 Å². The molecule has 0 radical (unpaired) electrons. The van der Waals surface area contributed by atoms with Crippen LogP contribution in [0.3, 0.4) is 0 Å². The SMILES string of the molecule is CCC(=O)c1cc(NC(=O)[C@@H]2OC(C)(C)[C@H](C)[C@@H]2c2ccc(F)c(F)c2OC(F)F)ccn1. The van der Waals surface area contributed by atoms with E-state index < -0.39 is 53.4 Å². The molecule has 1 fully saturated rings. The number of aromatic nitrogens is 1. The van der Waals surface area contributed by atoms with Gasteiger partial charge in [-0.25, -0.2) is 4.39 Å². The summed E-state index contributed by atoms with van der Waals surface area (Å²) in [5.74, 6) is -6.14. The Bertz CT molecular complexity index is 1060. The van der Waals surface area contributed by atoms with Gasteiger partial charge in [-0.2, -0.15) is 13.2 Å². The molecular formula is C23H24F4N2O4. The number of nitrogens with zero attached hydrogens (tertiary/aromatic N) is 1. The van der Waals surface area contributed by atoms with Gasteiger partial charge in [0.2, 0.25) is 5.82 Å². The molecule has 6 nitrogen and oxygen atoms in total. The highest BCUT2D eigenvalue weighted by atomic mass is 19.3. The lowest BCUT2D eigenvalue weighted by Crippen LogP contribution is -2.33. The minimum absolute atomic E-state index is 0.107. The third-order valence-electron chi connectivity index (χ3n) is 5.93. The van der Waals surface area contributed by atoms with Gasteiger partial charge >= 0.3 is 6.61 Å². The van der Waals surface area contributed by atoms with E-state index in [-0.39, 0.29) is 29.1 Å². The summed E-state index contributed by atoms with van der Waals surface area (Å²) in [4.78, 5) is 29.1. The molecular weight excluding hydrogens is 444 g/mol. The van der Waals surface area contributed by atoms with Crippen molar-refractivity contribution < 1.29 is 36.6 Å². The van der Waals surface area contributed by atoms with Crippen LogP contribution in [-0.4, -0.2) is 35.0 Å². The summed E-state index contributed by atoms with van der Waals surface area (Å²) in [5.41, 5.74) is -0.563. The summed E-state index contributed by atoms with van der Waals surface area (Å²) in [5, 5.41) is 2.63. The van der Waals surface area contributed by atoms with Crippen LogP contribution in [0, 0.1) is 17.6 Å². The number of alkyl halides is 2. The van der Waals surface area contributed by atoms with E-state index >= 15 is 0 Å². The molecule has 0 aliphatic carbocycles. The number of ether oxygens (including phenoxy) is 2.